The molecule has 0 spiro atoms. The van der Waals surface area contributed by atoms with E-state index in [0.717, 1.165) is 18.6 Å². The SMILES string of the molecule is CCCC1=CCC(=[N+]=[N-])C=C1. The molecule has 1 aliphatic rings. The molecular formula is C9H12N2. The molecule has 0 heterocycles. The second-order valence-electron chi connectivity index (χ2n) is 2.66. The zero-order valence-corrected chi connectivity index (χ0v) is 6.75. The Morgan fingerprint density at radius 3 is 2.82 bits per heavy atom. The normalized spacial score (nSPS) is 16.1. The monoisotopic (exact) mass is 148 g/mol. The first-order chi connectivity index (χ1) is 5.36. The van der Waals surface area contributed by atoms with Crippen molar-refractivity contribution in [1.29, 1.82) is 0 Å². The minimum absolute atomic E-state index is 0.741. The van der Waals surface area contributed by atoms with E-state index in [9.17, 15) is 0 Å². The molecule has 58 valence electrons. The highest BCUT2D eigenvalue weighted by molar-refractivity contribution is 5.93. The fraction of sp³-hybridized carbons (Fsp3) is 0.444. The summed E-state index contributed by atoms with van der Waals surface area (Å²) in [5, 5.41) is 0. The van der Waals surface area contributed by atoms with Crippen molar-refractivity contribution < 1.29 is 4.79 Å². The lowest BCUT2D eigenvalue weighted by Gasteiger charge is -2.01. The molecule has 0 aromatic carbocycles. The fourth-order valence-corrected chi connectivity index (χ4v) is 1.12. The van der Waals surface area contributed by atoms with E-state index in [4.69, 9.17) is 5.53 Å². The summed E-state index contributed by atoms with van der Waals surface area (Å²) in [4.78, 5) is 3.13. The van der Waals surface area contributed by atoms with Gasteiger partial charge in [0, 0.05) is 6.08 Å². The Kier molecular flexibility index (Phi) is 2.82. The van der Waals surface area contributed by atoms with E-state index in [1.165, 1.54) is 12.0 Å². The van der Waals surface area contributed by atoms with Crippen LogP contribution >= 0.6 is 0 Å². The van der Waals surface area contributed by atoms with E-state index in [2.05, 4.69) is 17.8 Å². The lowest BCUT2D eigenvalue weighted by Crippen LogP contribution is -1.98. The van der Waals surface area contributed by atoms with Gasteiger partial charge in [-0.05, 0) is 6.42 Å². The maximum atomic E-state index is 8.41. The molecule has 1 aliphatic carbocycles. The highest BCUT2D eigenvalue weighted by Crippen LogP contribution is 2.12. The molecule has 0 saturated carbocycles. The first-order valence-corrected chi connectivity index (χ1v) is 3.95. The summed E-state index contributed by atoms with van der Waals surface area (Å²) in [7, 11) is 0. The summed E-state index contributed by atoms with van der Waals surface area (Å²) in [6, 6.07) is 0. The molecule has 11 heavy (non-hydrogen) atoms. The van der Waals surface area contributed by atoms with Crippen molar-refractivity contribution in [2.75, 3.05) is 0 Å². The van der Waals surface area contributed by atoms with Gasteiger partial charge in [0.05, 0.1) is 6.42 Å². The molecule has 0 bridgehead atoms. The van der Waals surface area contributed by atoms with Gasteiger partial charge >= 0.3 is 0 Å². The predicted molar refractivity (Wildman–Crippen MR) is 45.4 cm³/mol. The average molecular weight is 148 g/mol. The van der Waals surface area contributed by atoms with E-state index in [1.807, 2.05) is 12.2 Å². The van der Waals surface area contributed by atoms with Gasteiger partial charge in [0.1, 0.15) is 0 Å². The third-order valence-corrected chi connectivity index (χ3v) is 1.73. The highest BCUT2D eigenvalue weighted by Gasteiger charge is 2.06. The Morgan fingerprint density at radius 2 is 2.36 bits per heavy atom. The zero-order chi connectivity index (χ0) is 8.10. The Morgan fingerprint density at radius 1 is 1.55 bits per heavy atom. The van der Waals surface area contributed by atoms with Gasteiger partial charge in [0.2, 0.25) is 0 Å². The molecule has 2 heteroatoms. The molecule has 1 rings (SSSR count). The molecule has 2 nitrogen and oxygen atoms in total. The summed E-state index contributed by atoms with van der Waals surface area (Å²) in [5.74, 6) is 0. The Balaban J connectivity index is 2.59. The van der Waals surface area contributed by atoms with Crippen molar-refractivity contribution in [2.45, 2.75) is 26.2 Å². The van der Waals surface area contributed by atoms with Crippen LogP contribution in [0.25, 0.3) is 5.53 Å². The standard InChI is InChI=1S/C9H12N2/c1-2-3-8-4-6-9(11-10)7-5-8/h4-6H,2-3,7H2,1H3. The van der Waals surface area contributed by atoms with Gasteiger partial charge in [-0.15, -0.1) is 0 Å². The number of hydrogen-bond acceptors (Lipinski definition) is 0. The van der Waals surface area contributed by atoms with E-state index >= 15 is 0 Å². The fourth-order valence-electron chi connectivity index (χ4n) is 1.12. The van der Waals surface area contributed by atoms with Crippen LogP contribution in [0.5, 0.6) is 0 Å². The summed E-state index contributed by atoms with van der Waals surface area (Å²) < 4.78 is 0. The van der Waals surface area contributed by atoms with Gasteiger partial charge < -0.3 is 5.53 Å². The van der Waals surface area contributed by atoms with Crippen molar-refractivity contribution in [3.63, 3.8) is 0 Å². The molecule has 0 N–H and O–H groups in total. The number of nitrogens with zero attached hydrogens (tertiary/aromatic N) is 2. The van der Waals surface area contributed by atoms with Crippen LogP contribution in [0.2, 0.25) is 0 Å². The third-order valence-electron chi connectivity index (χ3n) is 1.73. The molecule has 0 amide bonds. The first-order valence-electron chi connectivity index (χ1n) is 3.95. The van der Waals surface area contributed by atoms with Crippen LogP contribution in [0.15, 0.2) is 23.8 Å². The summed E-state index contributed by atoms with van der Waals surface area (Å²) >= 11 is 0. The molecule has 0 aromatic heterocycles. The molecule has 0 saturated heterocycles. The first kappa shape index (κ1) is 7.96. The van der Waals surface area contributed by atoms with Gasteiger partial charge in [-0.3, -0.25) is 0 Å². The van der Waals surface area contributed by atoms with Crippen LogP contribution in [-0.4, -0.2) is 10.5 Å². The van der Waals surface area contributed by atoms with Gasteiger partial charge in [-0.1, -0.05) is 31.1 Å². The largest absolute Gasteiger partial charge is 0.361 e. The van der Waals surface area contributed by atoms with Crippen LogP contribution < -0.4 is 0 Å². The van der Waals surface area contributed by atoms with Crippen molar-refractivity contribution >= 4 is 5.71 Å². The minimum Gasteiger partial charge on any atom is -0.361 e. The lowest BCUT2D eigenvalue weighted by atomic mass is 10.0. The van der Waals surface area contributed by atoms with Crippen LogP contribution in [-0.2, 0) is 0 Å². The van der Waals surface area contributed by atoms with Crippen LogP contribution in [0, 0.1) is 0 Å². The molecule has 0 fully saturated rings. The number of hydrogen-bond donors (Lipinski definition) is 0. The van der Waals surface area contributed by atoms with Gasteiger partial charge in [-0.2, -0.15) is 4.79 Å². The van der Waals surface area contributed by atoms with E-state index in [1.54, 1.807) is 0 Å². The van der Waals surface area contributed by atoms with Crippen molar-refractivity contribution in [3.05, 3.63) is 29.3 Å². The average Bonchev–Trinajstić information content (AvgIpc) is 2.07. The lowest BCUT2D eigenvalue weighted by molar-refractivity contribution is -0.00541. The molecular weight excluding hydrogens is 136 g/mol. The number of rotatable bonds is 2. The summed E-state index contributed by atoms with van der Waals surface area (Å²) in [6.07, 6.45) is 9.05. The van der Waals surface area contributed by atoms with Gasteiger partial charge in [0.15, 0.2) is 0 Å². The maximum Gasteiger partial charge on any atom is 0.295 e. The smallest absolute Gasteiger partial charge is 0.295 e. The molecule has 0 aromatic rings. The highest BCUT2D eigenvalue weighted by atomic mass is 14.8. The molecule has 0 unspecified atom stereocenters. The van der Waals surface area contributed by atoms with Crippen molar-refractivity contribution in [1.82, 2.24) is 0 Å². The maximum absolute atomic E-state index is 8.41. The minimum atomic E-state index is 0.741. The summed E-state index contributed by atoms with van der Waals surface area (Å²) in [5.41, 5.74) is 10.5. The van der Waals surface area contributed by atoms with Crippen LogP contribution in [0.3, 0.4) is 0 Å². The van der Waals surface area contributed by atoms with Crippen LogP contribution in [0.4, 0.5) is 0 Å². The van der Waals surface area contributed by atoms with Crippen molar-refractivity contribution in [3.8, 4) is 0 Å². The van der Waals surface area contributed by atoms with Gasteiger partial charge in [0.25, 0.3) is 5.71 Å². The third kappa shape index (κ3) is 2.17. The molecule has 0 aliphatic heterocycles. The van der Waals surface area contributed by atoms with E-state index < -0.39 is 0 Å². The van der Waals surface area contributed by atoms with E-state index in [-0.39, 0.29) is 0 Å². The number of allylic oxidation sites excluding steroid dienone is 4. The Hall–Kier alpha value is -1.14. The topological polar surface area (TPSA) is 36.4 Å². The zero-order valence-electron chi connectivity index (χ0n) is 6.75. The quantitative estimate of drug-likeness (QED) is 0.425. The van der Waals surface area contributed by atoms with Crippen molar-refractivity contribution in [2.24, 2.45) is 0 Å². The van der Waals surface area contributed by atoms with Gasteiger partial charge in [-0.25, -0.2) is 0 Å². The van der Waals surface area contributed by atoms with E-state index in [0.29, 0.717) is 0 Å². The summed E-state index contributed by atoms with van der Waals surface area (Å²) in [6.45, 7) is 2.16. The second kappa shape index (κ2) is 3.89. The molecule has 0 atom stereocenters. The predicted octanol–water partition coefficient (Wildman–Crippen LogP) is 2.34. The molecule has 0 radical (unpaired) electrons. The van der Waals surface area contributed by atoms with Crippen LogP contribution in [0.1, 0.15) is 26.2 Å². The second-order valence-corrected chi connectivity index (χ2v) is 2.66. The Bertz CT molecular complexity index is 242. The Labute approximate surface area is 66.9 Å².